The van der Waals surface area contributed by atoms with Gasteiger partial charge in [-0.25, -0.2) is 0 Å². The summed E-state index contributed by atoms with van der Waals surface area (Å²) < 4.78 is 0. The van der Waals surface area contributed by atoms with Crippen LogP contribution in [0.5, 0.6) is 0 Å². The second kappa shape index (κ2) is 89.5. The van der Waals surface area contributed by atoms with Crippen molar-refractivity contribution in [2.75, 3.05) is 0 Å². The van der Waals surface area contributed by atoms with Crippen LogP contribution in [0.4, 0.5) is 0 Å². The molecule has 2 radical (unpaired) electrons. The Morgan fingerprint density at radius 3 is 0.600 bits per heavy atom. The van der Waals surface area contributed by atoms with Gasteiger partial charge in [-0.1, -0.05) is 0 Å². The van der Waals surface area contributed by atoms with E-state index in [1.807, 2.05) is 0 Å². The van der Waals surface area contributed by atoms with Crippen molar-refractivity contribution in [2.24, 2.45) is 0 Å². The first-order chi connectivity index (χ1) is 0. The molecule has 5 heteroatoms. The number of rotatable bonds is 0. The van der Waals surface area contributed by atoms with Gasteiger partial charge < -0.3 is 16.4 Å². The molecule has 0 unspecified atom stereocenters. The fourth-order valence-corrected chi connectivity index (χ4v) is 0. The summed E-state index contributed by atoms with van der Waals surface area (Å²) >= 11 is 0. The van der Waals surface area contributed by atoms with Gasteiger partial charge in [0, 0.05) is 0 Å². The van der Waals surface area contributed by atoms with Gasteiger partial charge in [0.1, 0.15) is 0 Å². The first-order valence-corrected chi connectivity index (χ1v) is 0. The zero-order chi connectivity index (χ0) is 0. The molecule has 34 valence electrons. The molecule has 0 fully saturated rings. The summed E-state index contributed by atoms with van der Waals surface area (Å²) in [6.07, 6.45) is 0. The summed E-state index contributed by atoms with van der Waals surface area (Å²) in [6.45, 7) is 0. The van der Waals surface area contributed by atoms with Crippen LogP contribution in [0, 0.1) is 0 Å². The van der Waals surface area contributed by atoms with Gasteiger partial charge in [0.2, 0.25) is 0 Å². The Labute approximate surface area is 51.0 Å². The van der Waals surface area contributed by atoms with Gasteiger partial charge in [-0.05, 0) is 0 Å². The predicted octanol–water partition coefficient (Wildman–Crippen LogP) is -0.361. The third-order valence-corrected chi connectivity index (χ3v) is 0. The molecule has 0 atom stereocenters. The van der Waals surface area contributed by atoms with Crippen molar-refractivity contribution in [3.05, 3.63) is 0 Å². The predicted molar refractivity (Wildman–Crippen MR) is 2.06 cm³/mol. The van der Waals surface area contributed by atoms with Crippen molar-refractivity contribution in [1.82, 2.24) is 0 Å². The van der Waals surface area contributed by atoms with Gasteiger partial charge in [0.15, 0.2) is 0 Å². The van der Waals surface area contributed by atoms with Crippen molar-refractivity contribution in [3.63, 3.8) is 0 Å². The maximum absolute atomic E-state index is 0. The van der Waals surface area contributed by atoms with Gasteiger partial charge in [-0.2, -0.15) is 0 Å². The van der Waals surface area contributed by atoms with E-state index in [0.29, 0.717) is 0 Å². The summed E-state index contributed by atoms with van der Waals surface area (Å²) in [4.78, 5) is 0. The van der Waals surface area contributed by atoms with E-state index in [-0.39, 0.29) is 50.6 Å². The van der Waals surface area contributed by atoms with E-state index in [0.717, 1.165) is 0 Å². The molecule has 3 nitrogen and oxygen atoms in total. The van der Waals surface area contributed by atoms with Crippen molar-refractivity contribution in [3.8, 4) is 0 Å². The molecular formula is FeMnO3-. The van der Waals surface area contributed by atoms with Crippen molar-refractivity contribution in [1.29, 1.82) is 0 Å². The first kappa shape index (κ1) is 170. The van der Waals surface area contributed by atoms with E-state index >= 15 is 0 Å². The Hall–Kier alpha value is 0.919. The molecule has 0 spiro atoms. The Morgan fingerprint density at radius 1 is 0.600 bits per heavy atom. The second-order valence-electron chi connectivity index (χ2n) is 0. The van der Waals surface area contributed by atoms with Crippen molar-refractivity contribution >= 4 is 0 Å². The molecule has 0 bridgehead atoms. The fraction of sp³-hybridized carbons (Fsp3) is 0. The van der Waals surface area contributed by atoms with Crippen LogP contribution < -0.4 is 0 Å². The van der Waals surface area contributed by atoms with Gasteiger partial charge in [-0.3, -0.25) is 0 Å². The summed E-state index contributed by atoms with van der Waals surface area (Å²) in [5.41, 5.74) is 0. The minimum absolute atomic E-state index is 0. The van der Waals surface area contributed by atoms with Crippen LogP contribution >= 0.6 is 0 Å². The van der Waals surface area contributed by atoms with Gasteiger partial charge in [-0.15, -0.1) is 0 Å². The molecule has 5 heavy (non-hydrogen) atoms. The standard InChI is InChI=1S/Fe.Mn.3O/q+3;+2;3*-2. The van der Waals surface area contributed by atoms with Crippen molar-refractivity contribution in [2.45, 2.75) is 0 Å². The SMILES string of the molecule is [Fe+3].[Mn+2].[O-2].[O-2].[O-2]. The number of hydrogen-bond acceptors (Lipinski definition) is 0. The molecular weight excluding hydrogens is 159 g/mol. The minimum atomic E-state index is 0. The third-order valence-electron chi connectivity index (χ3n) is 0. The molecule has 0 aliphatic rings. The Kier molecular flexibility index (Phi) is 3030. The average molecular weight is 159 g/mol. The van der Waals surface area contributed by atoms with E-state index in [1.54, 1.807) is 0 Å². The molecule has 0 saturated heterocycles. The average Bonchev–Trinajstić information content (AvgIpc) is 0. The molecule has 0 aromatic heterocycles. The van der Waals surface area contributed by atoms with Gasteiger partial charge in [0.25, 0.3) is 0 Å². The maximum atomic E-state index is 0. The molecule has 0 saturated carbocycles. The topological polar surface area (TPSA) is 85.5 Å². The van der Waals surface area contributed by atoms with Crippen LogP contribution in [-0.4, -0.2) is 0 Å². The Bertz CT molecular complexity index is 6.85. The first-order valence-electron chi connectivity index (χ1n) is 0. The summed E-state index contributed by atoms with van der Waals surface area (Å²) in [7, 11) is 0. The minimum Gasteiger partial charge on any atom is -2.00 e. The van der Waals surface area contributed by atoms with E-state index in [2.05, 4.69) is 0 Å². The van der Waals surface area contributed by atoms with Gasteiger partial charge >= 0.3 is 34.1 Å². The zero-order valence-corrected chi connectivity index (χ0v) is 4.24. The fourth-order valence-electron chi connectivity index (χ4n) is 0. The summed E-state index contributed by atoms with van der Waals surface area (Å²) in [6, 6.07) is 0. The Morgan fingerprint density at radius 2 is 0.600 bits per heavy atom. The molecule has 0 aromatic carbocycles. The second-order valence-corrected chi connectivity index (χ2v) is 0. The van der Waals surface area contributed by atoms with Crippen LogP contribution in [0.25, 0.3) is 0 Å². The molecule has 0 aromatic rings. The monoisotopic (exact) mass is 159 g/mol. The Balaban J connectivity index is 0. The zero-order valence-electron chi connectivity index (χ0n) is 1.96. The maximum Gasteiger partial charge on any atom is 3.00 e. The van der Waals surface area contributed by atoms with Crippen LogP contribution in [0.1, 0.15) is 0 Å². The van der Waals surface area contributed by atoms with E-state index in [1.165, 1.54) is 0 Å². The van der Waals surface area contributed by atoms with Crippen LogP contribution in [-0.2, 0) is 50.6 Å². The van der Waals surface area contributed by atoms with Gasteiger partial charge in [0.05, 0.1) is 0 Å². The van der Waals surface area contributed by atoms with Crippen LogP contribution in [0.2, 0.25) is 0 Å². The third kappa shape index (κ3) is 49.6. The smallest absolute Gasteiger partial charge is 2.00 e. The summed E-state index contributed by atoms with van der Waals surface area (Å²) in [5, 5.41) is 0. The van der Waals surface area contributed by atoms with E-state index in [4.69, 9.17) is 0 Å². The molecule has 0 heterocycles. The van der Waals surface area contributed by atoms with Crippen molar-refractivity contribution < 1.29 is 50.6 Å². The van der Waals surface area contributed by atoms with Crippen LogP contribution in [0.15, 0.2) is 0 Å². The quantitative estimate of drug-likeness (QED) is 0.432. The molecule has 0 rings (SSSR count). The molecule has 0 N–H and O–H groups in total. The number of hydrogen-bond donors (Lipinski definition) is 0. The molecule has 0 aliphatic heterocycles. The van der Waals surface area contributed by atoms with E-state index < -0.39 is 0 Å². The van der Waals surface area contributed by atoms with E-state index in [9.17, 15) is 0 Å². The molecule has 0 aliphatic carbocycles. The largest absolute Gasteiger partial charge is 3.00 e. The van der Waals surface area contributed by atoms with Crippen LogP contribution in [0.3, 0.4) is 0 Å². The normalized spacial score (nSPS) is 0. The molecule has 0 amide bonds. The summed E-state index contributed by atoms with van der Waals surface area (Å²) in [5.74, 6) is 0.